The summed E-state index contributed by atoms with van der Waals surface area (Å²) in [5.41, 5.74) is 1.99. The van der Waals surface area contributed by atoms with E-state index in [1.165, 1.54) is 0 Å². The fourth-order valence-electron chi connectivity index (χ4n) is 1.33. The molecule has 0 saturated carbocycles. The van der Waals surface area contributed by atoms with Crippen LogP contribution in [0.3, 0.4) is 0 Å². The summed E-state index contributed by atoms with van der Waals surface area (Å²) in [4.78, 5) is 14.0. The van der Waals surface area contributed by atoms with E-state index in [-0.39, 0.29) is 0 Å². The van der Waals surface area contributed by atoms with E-state index in [0.717, 1.165) is 25.9 Å². The SMILES string of the molecule is Sc1nc2cc3c(cc2s1)COO3. The van der Waals surface area contributed by atoms with E-state index in [2.05, 4.69) is 17.6 Å². The highest BCUT2D eigenvalue weighted by Gasteiger charge is 2.16. The number of hydrogen-bond acceptors (Lipinski definition) is 5. The van der Waals surface area contributed by atoms with Crippen molar-refractivity contribution in [3.05, 3.63) is 17.7 Å². The molecule has 66 valence electrons. The van der Waals surface area contributed by atoms with Gasteiger partial charge < -0.3 is 4.89 Å². The molecule has 3 nitrogen and oxygen atoms in total. The highest BCUT2D eigenvalue weighted by atomic mass is 32.2. The third kappa shape index (κ3) is 1.12. The Bertz CT molecular complexity index is 439. The summed E-state index contributed by atoms with van der Waals surface area (Å²) < 4.78 is 1.90. The van der Waals surface area contributed by atoms with Gasteiger partial charge in [-0.1, -0.05) is 0 Å². The average Bonchev–Trinajstić information content (AvgIpc) is 2.63. The van der Waals surface area contributed by atoms with Crippen molar-refractivity contribution in [1.29, 1.82) is 0 Å². The molecule has 2 heterocycles. The third-order valence-corrected chi connectivity index (χ3v) is 3.12. The highest BCUT2D eigenvalue weighted by molar-refractivity contribution is 7.82. The quantitative estimate of drug-likeness (QED) is 0.536. The number of aromatic nitrogens is 1. The Balaban J connectivity index is 2.35. The van der Waals surface area contributed by atoms with Crippen LogP contribution in [0.1, 0.15) is 5.56 Å². The maximum atomic E-state index is 4.96. The van der Waals surface area contributed by atoms with E-state index in [1.807, 2.05) is 12.1 Å². The average molecular weight is 211 g/mol. The Labute approximate surface area is 83.6 Å². The molecule has 1 aliphatic rings. The van der Waals surface area contributed by atoms with Crippen molar-refractivity contribution in [2.24, 2.45) is 0 Å². The van der Waals surface area contributed by atoms with Crippen molar-refractivity contribution in [2.45, 2.75) is 10.9 Å². The molecular weight excluding hydrogens is 206 g/mol. The first kappa shape index (κ1) is 7.61. The lowest BCUT2D eigenvalue weighted by Gasteiger charge is -1.92. The second-order valence-electron chi connectivity index (χ2n) is 2.77. The van der Waals surface area contributed by atoms with Crippen LogP contribution < -0.4 is 4.89 Å². The van der Waals surface area contributed by atoms with Gasteiger partial charge in [0.15, 0.2) is 5.75 Å². The van der Waals surface area contributed by atoms with Crippen molar-refractivity contribution in [3.8, 4) is 5.75 Å². The summed E-state index contributed by atoms with van der Waals surface area (Å²) in [7, 11) is 0. The van der Waals surface area contributed by atoms with E-state index in [9.17, 15) is 0 Å². The first-order chi connectivity index (χ1) is 6.33. The van der Waals surface area contributed by atoms with Crippen LogP contribution in [0.5, 0.6) is 5.75 Å². The van der Waals surface area contributed by atoms with Crippen LogP contribution in [0.4, 0.5) is 0 Å². The van der Waals surface area contributed by atoms with E-state index in [0.29, 0.717) is 6.61 Å². The number of rotatable bonds is 0. The van der Waals surface area contributed by atoms with Gasteiger partial charge in [-0.3, -0.25) is 0 Å². The Kier molecular flexibility index (Phi) is 1.52. The van der Waals surface area contributed by atoms with Gasteiger partial charge in [0.05, 0.1) is 10.2 Å². The molecule has 5 heteroatoms. The molecule has 0 saturated heterocycles. The van der Waals surface area contributed by atoms with Crippen LogP contribution in [0.25, 0.3) is 10.2 Å². The van der Waals surface area contributed by atoms with E-state index < -0.39 is 0 Å². The first-order valence-corrected chi connectivity index (χ1v) is 5.01. The highest BCUT2D eigenvalue weighted by Crippen LogP contribution is 2.34. The Morgan fingerprint density at radius 2 is 2.38 bits per heavy atom. The van der Waals surface area contributed by atoms with Crippen molar-refractivity contribution in [3.63, 3.8) is 0 Å². The minimum Gasteiger partial charge on any atom is -0.337 e. The molecule has 0 amide bonds. The Hall–Kier alpha value is -0.780. The number of thiol groups is 1. The molecular formula is C8H5NO2S2. The molecule has 0 fully saturated rings. The normalized spacial score (nSPS) is 14.5. The van der Waals surface area contributed by atoms with Crippen LogP contribution in [0.2, 0.25) is 0 Å². The number of hydrogen-bond donors (Lipinski definition) is 1. The van der Waals surface area contributed by atoms with E-state index >= 15 is 0 Å². The van der Waals surface area contributed by atoms with Crippen molar-refractivity contribution in [2.75, 3.05) is 0 Å². The molecule has 1 aromatic carbocycles. The minimum atomic E-state index is 0.519. The molecule has 0 bridgehead atoms. The summed E-state index contributed by atoms with van der Waals surface area (Å²) >= 11 is 5.75. The fraction of sp³-hybridized carbons (Fsp3) is 0.125. The van der Waals surface area contributed by atoms with Gasteiger partial charge in [-0.15, -0.1) is 24.0 Å². The number of thiazole rings is 1. The summed E-state index contributed by atoms with van der Waals surface area (Å²) in [6, 6.07) is 3.92. The predicted octanol–water partition coefficient (Wildman–Crippen LogP) is 2.41. The molecule has 0 unspecified atom stereocenters. The van der Waals surface area contributed by atoms with Crippen molar-refractivity contribution in [1.82, 2.24) is 4.98 Å². The predicted molar refractivity (Wildman–Crippen MR) is 52.3 cm³/mol. The third-order valence-electron chi connectivity index (χ3n) is 1.92. The standard InChI is InChI=1S/C8H5NO2S2/c12-8-9-5-2-6-4(3-10-11-6)1-7(5)13-8/h1-2H,3H2,(H,9,12). The summed E-state index contributed by atoms with van der Waals surface area (Å²) in [6.45, 7) is 0.519. The molecule has 1 aliphatic heterocycles. The van der Waals surface area contributed by atoms with Crippen molar-refractivity contribution >= 4 is 34.2 Å². The van der Waals surface area contributed by atoms with Crippen LogP contribution in [-0.4, -0.2) is 4.98 Å². The van der Waals surface area contributed by atoms with E-state index in [4.69, 9.17) is 9.78 Å². The number of benzene rings is 1. The Morgan fingerprint density at radius 1 is 1.46 bits per heavy atom. The zero-order valence-corrected chi connectivity index (χ0v) is 8.19. The molecule has 1 aromatic heterocycles. The van der Waals surface area contributed by atoms with Crippen LogP contribution in [0.15, 0.2) is 16.5 Å². The second kappa shape index (κ2) is 2.60. The fourth-order valence-corrected chi connectivity index (χ4v) is 2.49. The molecule has 0 aliphatic carbocycles. The lowest BCUT2D eigenvalue weighted by atomic mass is 10.2. The number of nitrogens with zero attached hydrogens (tertiary/aromatic N) is 1. The van der Waals surface area contributed by atoms with Gasteiger partial charge in [0.1, 0.15) is 10.9 Å². The van der Waals surface area contributed by atoms with Crippen molar-refractivity contribution < 1.29 is 9.78 Å². The smallest absolute Gasteiger partial charge is 0.173 e. The molecule has 3 rings (SSSR count). The van der Waals surface area contributed by atoms with Gasteiger partial charge >= 0.3 is 0 Å². The summed E-state index contributed by atoms with van der Waals surface area (Å²) in [6.07, 6.45) is 0. The maximum absolute atomic E-state index is 4.96. The Morgan fingerprint density at radius 3 is 3.31 bits per heavy atom. The second-order valence-corrected chi connectivity index (χ2v) is 4.53. The first-order valence-electron chi connectivity index (χ1n) is 3.75. The van der Waals surface area contributed by atoms with Gasteiger partial charge in [0.25, 0.3) is 0 Å². The lowest BCUT2D eigenvalue weighted by molar-refractivity contribution is -0.194. The largest absolute Gasteiger partial charge is 0.337 e. The molecule has 13 heavy (non-hydrogen) atoms. The summed E-state index contributed by atoms with van der Waals surface area (Å²) in [5, 5.41) is 0. The van der Waals surface area contributed by atoms with Gasteiger partial charge in [0.2, 0.25) is 0 Å². The van der Waals surface area contributed by atoms with E-state index in [1.54, 1.807) is 11.3 Å². The van der Waals surface area contributed by atoms with Crippen LogP contribution >= 0.6 is 24.0 Å². The van der Waals surface area contributed by atoms with Gasteiger partial charge in [-0.05, 0) is 6.07 Å². The topological polar surface area (TPSA) is 31.4 Å². The molecule has 0 spiro atoms. The zero-order chi connectivity index (χ0) is 8.84. The maximum Gasteiger partial charge on any atom is 0.173 e. The molecule has 0 N–H and O–H groups in total. The van der Waals surface area contributed by atoms with Gasteiger partial charge in [-0.25, -0.2) is 4.98 Å². The zero-order valence-electron chi connectivity index (χ0n) is 6.48. The summed E-state index contributed by atoms with van der Waals surface area (Å²) in [5.74, 6) is 0.770. The van der Waals surface area contributed by atoms with Crippen LogP contribution in [0, 0.1) is 0 Å². The molecule has 2 aromatic rings. The van der Waals surface area contributed by atoms with Gasteiger partial charge in [0, 0.05) is 11.6 Å². The monoisotopic (exact) mass is 211 g/mol. The lowest BCUT2D eigenvalue weighted by Crippen LogP contribution is -1.81. The van der Waals surface area contributed by atoms with Crippen LogP contribution in [-0.2, 0) is 11.5 Å². The number of fused-ring (bicyclic) bond motifs is 2. The van der Waals surface area contributed by atoms with Gasteiger partial charge in [-0.2, -0.15) is 4.89 Å². The molecule has 0 atom stereocenters. The minimum absolute atomic E-state index is 0.519. The molecule has 0 radical (unpaired) electrons.